The zero-order valence-corrected chi connectivity index (χ0v) is 16.5. The molecule has 2 aromatic rings. The van der Waals surface area contributed by atoms with Crippen LogP contribution in [0.3, 0.4) is 0 Å². The molecule has 0 aliphatic carbocycles. The Morgan fingerprint density at radius 3 is 2.36 bits per heavy atom. The van der Waals surface area contributed by atoms with Gasteiger partial charge in [0, 0.05) is 18.2 Å². The number of hydrogen-bond acceptors (Lipinski definition) is 3. The van der Waals surface area contributed by atoms with Crippen molar-refractivity contribution >= 4 is 5.91 Å². The number of primary amides is 1. The van der Waals surface area contributed by atoms with E-state index in [2.05, 4.69) is 24.4 Å². The number of carbonyl (C=O) groups excluding carboxylic acids is 1. The first kappa shape index (κ1) is 22.0. The summed E-state index contributed by atoms with van der Waals surface area (Å²) >= 11 is 0. The lowest BCUT2D eigenvalue weighted by Crippen LogP contribution is -2.46. The SMILES string of the molecule is CCc1cccc(C(C)(C)NCC(O)C(Cc2cc(F)cc(F)c2)C(N)=O)c1. The van der Waals surface area contributed by atoms with Gasteiger partial charge < -0.3 is 16.2 Å². The standard InChI is InChI=1S/C22H28F2N2O2/c1-4-14-6-5-7-16(8-14)22(2,3)26-13-20(27)19(21(25)28)11-15-9-17(23)12-18(24)10-15/h5-10,12,19-20,26-27H,4,11,13H2,1-3H3,(H2,25,28). The van der Waals surface area contributed by atoms with E-state index in [4.69, 9.17) is 5.73 Å². The number of rotatable bonds is 9. The molecule has 0 aliphatic heterocycles. The zero-order chi connectivity index (χ0) is 20.9. The monoisotopic (exact) mass is 390 g/mol. The minimum Gasteiger partial charge on any atom is -0.391 e. The number of aliphatic hydroxyl groups is 1. The lowest BCUT2D eigenvalue weighted by atomic mass is 9.90. The van der Waals surface area contributed by atoms with Crippen molar-refractivity contribution in [1.82, 2.24) is 5.32 Å². The molecule has 2 unspecified atom stereocenters. The van der Waals surface area contributed by atoms with Gasteiger partial charge in [0.05, 0.1) is 12.0 Å². The summed E-state index contributed by atoms with van der Waals surface area (Å²) in [7, 11) is 0. The van der Waals surface area contributed by atoms with Gasteiger partial charge in [0.1, 0.15) is 11.6 Å². The molecule has 0 fully saturated rings. The molecular weight excluding hydrogens is 362 g/mol. The van der Waals surface area contributed by atoms with Crippen LogP contribution in [0, 0.1) is 17.6 Å². The molecule has 4 N–H and O–H groups in total. The Balaban J connectivity index is 2.08. The van der Waals surface area contributed by atoms with E-state index in [1.54, 1.807) is 0 Å². The van der Waals surface area contributed by atoms with Crippen molar-refractivity contribution < 1.29 is 18.7 Å². The number of carbonyl (C=O) groups is 1. The van der Waals surface area contributed by atoms with E-state index in [-0.39, 0.29) is 18.5 Å². The number of nitrogens with two attached hydrogens (primary N) is 1. The van der Waals surface area contributed by atoms with Crippen LogP contribution < -0.4 is 11.1 Å². The van der Waals surface area contributed by atoms with Gasteiger partial charge in [0.2, 0.25) is 5.91 Å². The second-order valence-corrected chi connectivity index (χ2v) is 7.62. The normalized spacial score (nSPS) is 13.9. The first-order valence-corrected chi connectivity index (χ1v) is 9.39. The molecule has 0 bridgehead atoms. The van der Waals surface area contributed by atoms with Crippen LogP contribution in [0.25, 0.3) is 0 Å². The van der Waals surface area contributed by atoms with Gasteiger partial charge in [0.15, 0.2) is 0 Å². The molecule has 0 aromatic heterocycles. The molecular formula is C22H28F2N2O2. The number of amides is 1. The van der Waals surface area contributed by atoms with Crippen molar-refractivity contribution in [1.29, 1.82) is 0 Å². The number of aryl methyl sites for hydroxylation is 1. The third kappa shape index (κ3) is 5.84. The predicted octanol–water partition coefficient (Wildman–Crippen LogP) is 3.06. The van der Waals surface area contributed by atoms with Crippen LogP contribution in [0.2, 0.25) is 0 Å². The van der Waals surface area contributed by atoms with Gasteiger partial charge in [-0.3, -0.25) is 4.79 Å². The lowest BCUT2D eigenvalue weighted by molar-refractivity contribution is -0.125. The van der Waals surface area contributed by atoms with E-state index in [0.29, 0.717) is 0 Å². The molecule has 0 spiro atoms. The molecule has 6 heteroatoms. The van der Waals surface area contributed by atoms with Crippen LogP contribution in [0.1, 0.15) is 37.5 Å². The largest absolute Gasteiger partial charge is 0.391 e. The van der Waals surface area contributed by atoms with Gasteiger partial charge in [0.25, 0.3) is 0 Å². The summed E-state index contributed by atoms with van der Waals surface area (Å²) in [6, 6.07) is 11.2. The molecule has 0 saturated carbocycles. The van der Waals surface area contributed by atoms with Gasteiger partial charge in [-0.1, -0.05) is 31.2 Å². The summed E-state index contributed by atoms with van der Waals surface area (Å²) in [6.45, 7) is 6.15. The van der Waals surface area contributed by atoms with Crippen LogP contribution in [0.15, 0.2) is 42.5 Å². The van der Waals surface area contributed by atoms with Crippen molar-refractivity contribution in [2.75, 3.05) is 6.54 Å². The van der Waals surface area contributed by atoms with Gasteiger partial charge in [-0.2, -0.15) is 0 Å². The third-order valence-electron chi connectivity index (χ3n) is 5.02. The Morgan fingerprint density at radius 2 is 1.79 bits per heavy atom. The van der Waals surface area contributed by atoms with Crippen molar-refractivity contribution in [3.05, 3.63) is 70.8 Å². The summed E-state index contributed by atoms with van der Waals surface area (Å²) in [5, 5.41) is 13.8. The Morgan fingerprint density at radius 1 is 1.14 bits per heavy atom. The first-order chi connectivity index (χ1) is 13.1. The van der Waals surface area contributed by atoms with Crippen molar-refractivity contribution in [2.45, 2.75) is 45.3 Å². The van der Waals surface area contributed by atoms with Crippen LogP contribution >= 0.6 is 0 Å². The fourth-order valence-electron chi connectivity index (χ4n) is 3.19. The molecule has 2 aromatic carbocycles. The topological polar surface area (TPSA) is 75.3 Å². The molecule has 2 atom stereocenters. The highest BCUT2D eigenvalue weighted by atomic mass is 19.1. The Bertz CT molecular complexity index is 804. The predicted molar refractivity (Wildman–Crippen MR) is 106 cm³/mol. The summed E-state index contributed by atoms with van der Waals surface area (Å²) in [4.78, 5) is 11.8. The zero-order valence-electron chi connectivity index (χ0n) is 16.5. The molecule has 152 valence electrons. The van der Waals surface area contributed by atoms with Gasteiger partial charge >= 0.3 is 0 Å². The highest BCUT2D eigenvalue weighted by molar-refractivity contribution is 5.77. The van der Waals surface area contributed by atoms with Crippen molar-refractivity contribution in [3.8, 4) is 0 Å². The molecule has 28 heavy (non-hydrogen) atoms. The van der Waals surface area contributed by atoms with Crippen molar-refractivity contribution in [2.24, 2.45) is 11.7 Å². The Labute approximate surface area is 164 Å². The van der Waals surface area contributed by atoms with E-state index >= 15 is 0 Å². The summed E-state index contributed by atoms with van der Waals surface area (Å²) in [6.07, 6.45) is -0.225. The summed E-state index contributed by atoms with van der Waals surface area (Å²) in [5.41, 5.74) is 7.53. The van der Waals surface area contributed by atoms with E-state index in [9.17, 15) is 18.7 Å². The maximum absolute atomic E-state index is 13.4. The second kappa shape index (κ2) is 9.26. The van der Waals surface area contributed by atoms with Crippen LogP contribution in [-0.4, -0.2) is 23.7 Å². The Kier molecular flexibility index (Phi) is 7.27. The number of nitrogens with one attached hydrogen (secondary N) is 1. The second-order valence-electron chi connectivity index (χ2n) is 7.62. The quantitative estimate of drug-likeness (QED) is 0.616. The van der Waals surface area contributed by atoms with Crippen LogP contribution in [-0.2, 0) is 23.2 Å². The summed E-state index contributed by atoms with van der Waals surface area (Å²) in [5.74, 6) is -3.15. The summed E-state index contributed by atoms with van der Waals surface area (Å²) < 4.78 is 26.8. The maximum atomic E-state index is 13.4. The molecule has 1 amide bonds. The van der Waals surface area contributed by atoms with E-state index in [1.807, 2.05) is 26.0 Å². The fourth-order valence-corrected chi connectivity index (χ4v) is 3.19. The number of benzene rings is 2. The molecule has 0 radical (unpaired) electrons. The lowest BCUT2D eigenvalue weighted by Gasteiger charge is -2.30. The Hall–Kier alpha value is -2.31. The van der Waals surface area contributed by atoms with E-state index in [0.717, 1.165) is 30.2 Å². The van der Waals surface area contributed by atoms with Gasteiger partial charge in [-0.25, -0.2) is 8.78 Å². The highest BCUT2D eigenvalue weighted by Crippen LogP contribution is 2.22. The van der Waals surface area contributed by atoms with E-state index in [1.165, 1.54) is 5.56 Å². The number of hydrogen-bond donors (Lipinski definition) is 3. The average Bonchev–Trinajstić information content (AvgIpc) is 2.63. The van der Waals surface area contributed by atoms with E-state index < -0.39 is 35.1 Å². The van der Waals surface area contributed by atoms with Crippen LogP contribution in [0.4, 0.5) is 8.78 Å². The van der Waals surface area contributed by atoms with Gasteiger partial charge in [-0.05, 0) is 55.5 Å². The average molecular weight is 390 g/mol. The number of aliphatic hydroxyl groups excluding tert-OH is 1. The fraction of sp³-hybridized carbons (Fsp3) is 0.409. The third-order valence-corrected chi connectivity index (χ3v) is 5.02. The minimum atomic E-state index is -1.10. The first-order valence-electron chi connectivity index (χ1n) is 9.39. The van der Waals surface area contributed by atoms with Gasteiger partial charge in [-0.15, -0.1) is 0 Å². The highest BCUT2D eigenvalue weighted by Gasteiger charge is 2.28. The van der Waals surface area contributed by atoms with Crippen LogP contribution in [0.5, 0.6) is 0 Å². The minimum absolute atomic E-state index is 0.0430. The molecule has 0 aliphatic rings. The molecule has 0 heterocycles. The number of halogens is 2. The van der Waals surface area contributed by atoms with Crippen molar-refractivity contribution in [3.63, 3.8) is 0 Å². The molecule has 4 nitrogen and oxygen atoms in total. The maximum Gasteiger partial charge on any atom is 0.223 e. The molecule has 0 saturated heterocycles. The smallest absolute Gasteiger partial charge is 0.223 e. The molecule has 2 rings (SSSR count).